The second-order valence-corrected chi connectivity index (χ2v) is 14.9. The molecule has 2 fully saturated rings. The number of nitrogens with two attached hydrogens (primary N) is 1. The van der Waals surface area contributed by atoms with Gasteiger partial charge < -0.3 is 45.2 Å². The summed E-state index contributed by atoms with van der Waals surface area (Å²) in [6, 6.07) is 9.50. The van der Waals surface area contributed by atoms with Crippen LogP contribution in [0.5, 0.6) is 0 Å². The normalized spacial score (nSPS) is 17.4. The molecule has 2 aromatic carbocycles. The van der Waals surface area contributed by atoms with Gasteiger partial charge >= 0.3 is 11.9 Å². The van der Waals surface area contributed by atoms with Gasteiger partial charge in [-0.3, -0.25) is 19.7 Å². The highest BCUT2D eigenvalue weighted by molar-refractivity contribution is 7.92. The Balaban J connectivity index is 0.000000406. The van der Waals surface area contributed by atoms with Crippen LogP contribution in [0.4, 0.5) is 21.6 Å². The summed E-state index contributed by atoms with van der Waals surface area (Å²) in [5.74, 6) is -6.14. The third-order valence-corrected chi connectivity index (χ3v) is 10.7. The zero-order valence-electron chi connectivity index (χ0n) is 31.3. The van der Waals surface area contributed by atoms with Crippen LogP contribution in [0.1, 0.15) is 31.7 Å². The monoisotopic (exact) mass is 838 g/mol. The maximum atomic E-state index is 15.4. The Hall–Kier alpha value is -6.78. The number of carbonyl (C=O) groups is 4. The number of non-ortho nitro benzene ring substituents is 1. The average Bonchev–Trinajstić information content (AvgIpc) is 3.59. The lowest BCUT2D eigenvalue weighted by atomic mass is 9.89. The molecule has 6 rings (SSSR count). The number of hydrogen-bond acceptors (Lipinski definition) is 15. The lowest BCUT2D eigenvalue weighted by molar-refractivity contribution is -0.385. The number of fused-ring (bicyclic) bond motifs is 1. The third kappa shape index (κ3) is 12.6. The molecule has 20 nitrogen and oxygen atoms in total. The van der Waals surface area contributed by atoms with Gasteiger partial charge in [0, 0.05) is 74.3 Å². The van der Waals surface area contributed by atoms with Crippen molar-refractivity contribution in [3.8, 4) is 11.1 Å². The molecule has 59 heavy (non-hydrogen) atoms. The second-order valence-electron chi connectivity index (χ2n) is 13.2. The highest BCUT2D eigenvalue weighted by Gasteiger charge is 2.30. The molecule has 3 heterocycles. The first-order valence-electron chi connectivity index (χ1n) is 17.7. The zero-order valence-corrected chi connectivity index (χ0v) is 32.2. The van der Waals surface area contributed by atoms with Crippen molar-refractivity contribution in [2.75, 3.05) is 43.7 Å². The average molecular weight is 839 g/mol. The Labute approximate surface area is 335 Å². The largest absolute Gasteiger partial charge is 0.545 e. The van der Waals surface area contributed by atoms with E-state index in [-0.39, 0.29) is 28.1 Å². The van der Waals surface area contributed by atoms with Crippen LogP contribution in [-0.2, 0) is 29.2 Å². The second kappa shape index (κ2) is 20.1. The van der Waals surface area contributed by atoms with Crippen LogP contribution in [-0.4, -0.2) is 111 Å². The molecule has 22 heteroatoms. The summed E-state index contributed by atoms with van der Waals surface area (Å²) >= 11 is 0. The zero-order chi connectivity index (χ0) is 43.4. The fourth-order valence-electron chi connectivity index (χ4n) is 6.51. The number of aliphatic carboxylic acids is 4. The number of likely N-dealkylation sites (N-methyl/N-ethyl adjacent to an activating group) is 1. The van der Waals surface area contributed by atoms with Gasteiger partial charge in [-0.15, -0.1) is 0 Å². The molecule has 0 unspecified atom stereocenters. The SMILES string of the molecule is CN1CCN(C2CCC(n3cc(-c4ccc(NS(=O)(=O)c5cccc([N+](=O)[O-])c5)c(F)c4)c4c(N)ncnc43)CC2)CC1.O=C([O-])/C=C\C(=O)O.O=C([O-])/C=C\C(=O)O. The van der Waals surface area contributed by atoms with Crippen molar-refractivity contribution in [3.05, 3.63) is 95.2 Å². The van der Waals surface area contributed by atoms with E-state index < -0.39 is 44.6 Å². The summed E-state index contributed by atoms with van der Waals surface area (Å²) in [7, 11) is -2.12. The number of carboxylic acids is 4. The van der Waals surface area contributed by atoms with Crippen molar-refractivity contribution in [1.82, 2.24) is 24.3 Å². The number of nitro groups is 1. The molecular formula is C37H39FN8O12S-2. The first-order valence-corrected chi connectivity index (χ1v) is 19.2. The predicted molar refractivity (Wildman–Crippen MR) is 205 cm³/mol. The van der Waals surface area contributed by atoms with E-state index in [1.54, 1.807) is 6.07 Å². The van der Waals surface area contributed by atoms with Gasteiger partial charge in [0.2, 0.25) is 0 Å². The van der Waals surface area contributed by atoms with E-state index in [4.69, 9.17) is 15.9 Å². The summed E-state index contributed by atoms with van der Waals surface area (Å²) in [6.45, 7) is 4.37. The highest BCUT2D eigenvalue weighted by Crippen LogP contribution is 2.39. The number of nitrogens with zero attached hydrogens (tertiary/aromatic N) is 6. The van der Waals surface area contributed by atoms with Crippen LogP contribution in [0.2, 0.25) is 0 Å². The van der Waals surface area contributed by atoms with E-state index in [0.717, 1.165) is 57.9 Å². The Bertz CT molecular complexity index is 2310. The minimum absolute atomic E-state index is 0.208. The van der Waals surface area contributed by atoms with Crippen LogP contribution in [0, 0.1) is 15.9 Å². The van der Waals surface area contributed by atoms with E-state index in [1.165, 1.54) is 36.7 Å². The lowest BCUT2D eigenvalue weighted by Gasteiger charge is -2.41. The maximum Gasteiger partial charge on any atom is 0.328 e. The minimum atomic E-state index is -4.28. The number of benzene rings is 2. The fourth-order valence-corrected chi connectivity index (χ4v) is 7.61. The van der Waals surface area contributed by atoms with Crippen LogP contribution in [0.25, 0.3) is 22.2 Å². The molecule has 5 N–H and O–H groups in total. The summed E-state index contributed by atoms with van der Waals surface area (Å²) in [4.78, 5) is 61.7. The number of hydrogen-bond donors (Lipinski definition) is 4. The third-order valence-electron chi connectivity index (χ3n) is 9.34. The number of piperazine rings is 1. The molecule has 0 radical (unpaired) electrons. The minimum Gasteiger partial charge on any atom is -0.545 e. The molecular weight excluding hydrogens is 800 g/mol. The van der Waals surface area contributed by atoms with Crippen molar-refractivity contribution in [2.45, 2.75) is 42.7 Å². The number of carboxylic acid groups (broad SMARTS) is 4. The molecule has 1 saturated heterocycles. The van der Waals surface area contributed by atoms with Gasteiger partial charge in [-0.25, -0.2) is 32.4 Å². The van der Waals surface area contributed by atoms with E-state index >= 15 is 4.39 Å². The molecule has 314 valence electrons. The smallest absolute Gasteiger partial charge is 0.328 e. The Kier molecular flexibility index (Phi) is 15.3. The molecule has 1 aliphatic heterocycles. The molecule has 4 aromatic rings. The molecule has 1 aliphatic carbocycles. The van der Waals surface area contributed by atoms with E-state index in [2.05, 4.69) is 36.1 Å². The maximum absolute atomic E-state index is 15.4. The van der Waals surface area contributed by atoms with Gasteiger partial charge in [0.1, 0.15) is 23.6 Å². The van der Waals surface area contributed by atoms with Crippen molar-refractivity contribution in [3.63, 3.8) is 0 Å². The number of rotatable bonds is 11. The number of anilines is 2. The van der Waals surface area contributed by atoms with Crippen molar-refractivity contribution >= 4 is 62.1 Å². The summed E-state index contributed by atoms with van der Waals surface area (Å²) in [6.07, 6.45) is 9.39. The van der Waals surface area contributed by atoms with Gasteiger partial charge in [0.15, 0.2) is 0 Å². The summed E-state index contributed by atoms with van der Waals surface area (Å²) < 4.78 is 45.5. The topological polar surface area (TPSA) is 307 Å². The fraction of sp³-hybridized carbons (Fsp3) is 0.297. The van der Waals surface area contributed by atoms with Crippen LogP contribution in [0.15, 0.2) is 84.2 Å². The lowest BCUT2D eigenvalue weighted by Crippen LogP contribution is -2.49. The van der Waals surface area contributed by atoms with Gasteiger partial charge in [0.05, 0.1) is 32.8 Å². The molecule has 0 spiro atoms. The molecule has 1 saturated carbocycles. The predicted octanol–water partition coefficient (Wildman–Crippen LogP) is 1.01. The quantitative estimate of drug-likeness (QED) is 0.0931. The van der Waals surface area contributed by atoms with E-state index in [9.17, 15) is 47.9 Å². The number of carbonyl (C=O) groups excluding carboxylic acids is 2. The number of nitro benzene ring substituents is 1. The standard InChI is InChI=1S/C29H33FN8O4S.2C4H4O4/c1-35-11-13-36(14-12-35)20-6-8-21(9-7-20)37-17-24(27-28(31)32-18-33-29(27)37)19-5-10-26(25(30)15-19)34-43(41,42)23-4-2-3-22(16-23)38(39)40;2*5-3(6)1-2-4(7)8/h2-5,10,15-18,20-21,34H,6-9,11-14H2,1H3,(H2,31,32,33);2*1-2H,(H,5,6)(H,7,8)/p-2/b;2*2-1-. The number of nitrogens with one attached hydrogen (secondary N) is 1. The van der Waals surface area contributed by atoms with Crippen LogP contribution < -0.4 is 20.7 Å². The Morgan fingerprint density at radius 1 is 0.898 bits per heavy atom. The van der Waals surface area contributed by atoms with Gasteiger partial charge in [0.25, 0.3) is 15.7 Å². The van der Waals surface area contributed by atoms with E-state index in [0.29, 0.717) is 52.5 Å². The van der Waals surface area contributed by atoms with Gasteiger partial charge in [-0.1, -0.05) is 12.1 Å². The number of halogens is 1. The molecule has 0 amide bonds. The van der Waals surface area contributed by atoms with Gasteiger partial charge in [-0.2, -0.15) is 0 Å². The van der Waals surface area contributed by atoms with E-state index in [1.807, 2.05) is 6.20 Å². The first-order chi connectivity index (χ1) is 27.9. The van der Waals surface area contributed by atoms with Crippen molar-refractivity contribution < 1.29 is 57.3 Å². The van der Waals surface area contributed by atoms with Gasteiger partial charge in [-0.05, 0) is 68.6 Å². The number of nitrogen functional groups attached to an aromatic ring is 1. The Morgan fingerprint density at radius 2 is 1.49 bits per heavy atom. The van der Waals surface area contributed by atoms with Crippen LogP contribution >= 0.6 is 0 Å². The number of aromatic nitrogens is 3. The first kappa shape index (κ1) is 44.9. The number of sulfonamides is 1. The van der Waals surface area contributed by atoms with Crippen molar-refractivity contribution in [2.24, 2.45) is 0 Å². The molecule has 2 aromatic heterocycles. The summed E-state index contributed by atoms with van der Waals surface area (Å²) in [5.41, 5.74) is 7.46. The molecule has 0 bridgehead atoms. The summed E-state index contributed by atoms with van der Waals surface area (Å²) in [5, 5.41) is 46.2. The molecule has 2 aliphatic rings. The highest BCUT2D eigenvalue weighted by atomic mass is 32.2. The van der Waals surface area contributed by atoms with Crippen LogP contribution in [0.3, 0.4) is 0 Å². The van der Waals surface area contributed by atoms with Crippen molar-refractivity contribution in [1.29, 1.82) is 0 Å². The molecule has 0 atom stereocenters. The Morgan fingerprint density at radius 3 is 2.02 bits per heavy atom.